The molecule has 0 spiro atoms. The van der Waals surface area contributed by atoms with Gasteiger partial charge in [0.15, 0.2) is 0 Å². The molecule has 1 aromatic rings. The van der Waals surface area contributed by atoms with E-state index in [-0.39, 0.29) is 5.54 Å². The van der Waals surface area contributed by atoms with Crippen LogP contribution < -0.4 is 15.2 Å². The molecule has 20 heavy (non-hydrogen) atoms. The molecule has 3 heteroatoms. The molecule has 0 unspecified atom stereocenters. The first-order chi connectivity index (χ1) is 9.78. The molecular formula is C17H23NO2. The van der Waals surface area contributed by atoms with Crippen LogP contribution in [0.1, 0.15) is 55.2 Å². The Morgan fingerprint density at radius 3 is 2.55 bits per heavy atom. The number of hydrogen-bond donors (Lipinski definition) is 1. The maximum absolute atomic E-state index is 6.79. The summed E-state index contributed by atoms with van der Waals surface area (Å²) in [4.78, 5) is 0. The fourth-order valence-electron chi connectivity index (χ4n) is 4.11. The van der Waals surface area contributed by atoms with Gasteiger partial charge >= 0.3 is 0 Å². The van der Waals surface area contributed by atoms with Crippen LogP contribution in [-0.4, -0.2) is 13.2 Å². The Hall–Kier alpha value is -1.22. The lowest BCUT2D eigenvalue weighted by atomic mass is 9.80. The smallest absolute Gasteiger partial charge is 0.128 e. The minimum absolute atomic E-state index is 0.187. The van der Waals surface area contributed by atoms with Crippen LogP contribution in [0.15, 0.2) is 6.07 Å². The van der Waals surface area contributed by atoms with Crippen LogP contribution in [0.25, 0.3) is 0 Å². The molecule has 2 N–H and O–H groups in total. The summed E-state index contributed by atoms with van der Waals surface area (Å²) < 4.78 is 12.0. The van der Waals surface area contributed by atoms with E-state index < -0.39 is 0 Å². The Bertz CT molecular complexity index is 498. The van der Waals surface area contributed by atoms with Crippen molar-refractivity contribution < 1.29 is 9.47 Å². The molecule has 3 aliphatic rings. The van der Waals surface area contributed by atoms with Gasteiger partial charge in [0.2, 0.25) is 0 Å². The normalized spacial score (nSPS) is 23.4. The summed E-state index contributed by atoms with van der Waals surface area (Å²) in [5.74, 6) is 2.18. The van der Waals surface area contributed by atoms with Crippen molar-refractivity contribution in [3.63, 3.8) is 0 Å². The largest absolute Gasteiger partial charge is 0.493 e. The predicted molar refractivity (Wildman–Crippen MR) is 78.4 cm³/mol. The molecule has 1 aliphatic carbocycles. The summed E-state index contributed by atoms with van der Waals surface area (Å²) in [6.45, 7) is 1.67. The van der Waals surface area contributed by atoms with Crippen molar-refractivity contribution in [3.8, 4) is 11.5 Å². The molecule has 0 atom stereocenters. The number of benzene rings is 1. The molecule has 0 amide bonds. The van der Waals surface area contributed by atoms with Crippen LogP contribution in [-0.2, 0) is 18.4 Å². The van der Waals surface area contributed by atoms with Crippen molar-refractivity contribution >= 4 is 0 Å². The highest BCUT2D eigenvalue weighted by Gasteiger charge is 2.39. The monoisotopic (exact) mass is 273 g/mol. The van der Waals surface area contributed by atoms with E-state index in [2.05, 4.69) is 6.07 Å². The quantitative estimate of drug-likeness (QED) is 0.855. The van der Waals surface area contributed by atoms with Gasteiger partial charge in [-0.3, -0.25) is 0 Å². The van der Waals surface area contributed by atoms with Gasteiger partial charge in [-0.1, -0.05) is 12.8 Å². The number of fused-ring (bicyclic) bond motifs is 2. The van der Waals surface area contributed by atoms with E-state index in [9.17, 15) is 0 Å². The number of aryl methyl sites for hydroxylation is 1. The van der Waals surface area contributed by atoms with E-state index in [0.29, 0.717) is 0 Å². The zero-order chi connectivity index (χ0) is 13.6. The minimum Gasteiger partial charge on any atom is -0.493 e. The lowest BCUT2D eigenvalue weighted by molar-refractivity contribution is 0.260. The topological polar surface area (TPSA) is 44.5 Å². The minimum atomic E-state index is -0.187. The Kier molecular flexibility index (Phi) is 2.92. The van der Waals surface area contributed by atoms with Crippen LogP contribution in [0.2, 0.25) is 0 Å². The molecule has 4 rings (SSSR count). The van der Waals surface area contributed by atoms with Crippen LogP contribution >= 0.6 is 0 Å². The summed E-state index contributed by atoms with van der Waals surface area (Å²) in [7, 11) is 0. The second kappa shape index (κ2) is 4.66. The molecule has 3 nitrogen and oxygen atoms in total. The van der Waals surface area contributed by atoms with Gasteiger partial charge in [0.05, 0.1) is 13.2 Å². The average molecular weight is 273 g/mol. The van der Waals surface area contributed by atoms with Crippen molar-refractivity contribution in [3.05, 3.63) is 22.8 Å². The van der Waals surface area contributed by atoms with Gasteiger partial charge in [0, 0.05) is 16.7 Å². The number of rotatable bonds is 1. The standard InChI is InChI=1S/C17H23NO2/c18-17(7-1-2-8-17)15-13-6-4-9-19-14(13)11-12-5-3-10-20-16(12)15/h11H,1-10,18H2. The summed E-state index contributed by atoms with van der Waals surface area (Å²) in [5, 5.41) is 0. The molecule has 1 saturated carbocycles. The Morgan fingerprint density at radius 1 is 0.950 bits per heavy atom. The van der Waals surface area contributed by atoms with Gasteiger partial charge < -0.3 is 15.2 Å². The first-order valence-electron chi connectivity index (χ1n) is 8.02. The molecule has 1 fully saturated rings. The summed E-state index contributed by atoms with van der Waals surface area (Å²) >= 11 is 0. The van der Waals surface area contributed by atoms with Gasteiger partial charge in [0.1, 0.15) is 11.5 Å². The summed E-state index contributed by atoms with van der Waals surface area (Å²) in [6.07, 6.45) is 9.00. The molecule has 0 aromatic heterocycles. The Morgan fingerprint density at radius 2 is 1.70 bits per heavy atom. The van der Waals surface area contributed by atoms with Crippen molar-refractivity contribution in [1.29, 1.82) is 0 Å². The van der Waals surface area contributed by atoms with Crippen LogP contribution in [0, 0.1) is 0 Å². The zero-order valence-electron chi connectivity index (χ0n) is 12.0. The van der Waals surface area contributed by atoms with Gasteiger partial charge in [-0.15, -0.1) is 0 Å². The maximum Gasteiger partial charge on any atom is 0.128 e. The lowest BCUT2D eigenvalue weighted by Crippen LogP contribution is -2.36. The lowest BCUT2D eigenvalue weighted by Gasteiger charge is -2.35. The number of ether oxygens (including phenoxy) is 2. The van der Waals surface area contributed by atoms with E-state index in [0.717, 1.165) is 63.2 Å². The van der Waals surface area contributed by atoms with E-state index in [1.165, 1.54) is 29.5 Å². The highest BCUT2D eigenvalue weighted by Crippen LogP contribution is 2.48. The third kappa shape index (κ3) is 1.83. The molecule has 0 bridgehead atoms. The Labute approximate surface area is 120 Å². The van der Waals surface area contributed by atoms with Crippen molar-refractivity contribution in [2.75, 3.05) is 13.2 Å². The third-order valence-corrected chi connectivity index (χ3v) is 5.08. The molecular weight excluding hydrogens is 250 g/mol. The van der Waals surface area contributed by atoms with Gasteiger partial charge in [0.25, 0.3) is 0 Å². The van der Waals surface area contributed by atoms with Crippen molar-refractivity contribution in [1.82, 2.24) is 0 Å². The van der Waals surface area contributed by atoms with Gasteiger partial charge in [-0.2, -0.15) is 0 Å². The van der Waals surface area contributed by atoms with Crippen LogP contribution in [0.3, 0.4) is 0 Å². The molecule has 108 valence electrons. The molecule has 2 aliphatic heterocycles. The van der Waals surface area contributed by atoms with E-state index in [1.54, 1.807) is 0 Å². The highest BCUT2D eigenvalue weighted by atomic mass is 16.5. The fraction of sp³-hybridized carbons (Fsp3) is 0.647. The second-order valence-electron chi connectivity index (χ2n) is 6.48. The maximum atomic E-state index is 6.79. The fourth-order valence-corrected chi connectivity index (χ4v) is 4.11. The summed E-state index contributed by atoms with van der Waals surface area (Å²) in [6, 6.07) is 2.21. The average Bonchev–Trinajstić information content (AvgIpc) is 2.92. The first kappa shape index (κ1) is 12.5. The first-order valence-corrected chi connectivity index (χ1v) is 8.02. The molecule has 0 saturated heterocycles. The van der Waals surface area contributed by atoms with E-state index >= 15 is 0 Å². The highest BCUT2D eigenvalue weighted by molar-refractivity contribution is 5.58. The molecule has 2 heterocycles. The SMILES string of the molecule is NC1(c2c3c(cc4c2OCCC4)OCCC3)CCCC1. The third-order valence-electron chi connectivity index (χ3n) is 5.08. The van der Waals surface area contributed by atoms with Crippen molar-refractivity contribution in [2.24, 2.45) is 5.73 Å². The van der Waals surface area contributed by atoms with Crippen LogP contribution in [0.4, 0.5) is 0 Å². The van der Waals surface area contributed by atoms with Gasteiger partial charge in [-0.25, -0.2) is 0 Å². The summed E-state index contributed by atoms with van der Waals surface area (Å²) in [5.41, 5.74) is 10.5. The zero-order valence-corrected chi connectivity index (χ0v) is 12.0. The van der Waals surface area contributed by atoms with E-state index in [1.807, 2.05) is 0 Å². The molecule has 0 radical (unpaired) electrons. The number of hydrogen-bond acceptors (Lipinski definition) is 3. The van der Waals surface area contributed by atoms with Gasteiger partial charge in [-0.05, 0) is 50.2 Å². The van der Waals surface area contributed by atoms with Crippen LogP contribution in [0.5, 0.6) is 11.5 Å². The second-order valence-corrected chi connectivity index (χ2v) is 6.48. The predicted octanol–water partition coefficient (Wildman–Crippen LogP) is 3.06. The molecule has 1 aromatic carbocycles. The van der Waals surface area contributed by atoms with E-state index in [4.69, 9.17) is 15.2 Å². The number of nitrogens with two attached hydrogens (primary N) is 1. The van der Waals surface area contributed by atoms with Crippen molar-refractivity contribution in [2.45, 2.75) is 56.9 Å². The Balaban J connectivity index is 1.93.